The number of imidazole rings is 1. The molecule has 2 saturated heterocycles. The van der Waals surface area contributed by atoms with Crippen LogP contribution in [0.15, 0.2) is 12.5 Å². The molecule has 20 heavy (non-hydrogen) atoms. The fourth-order valence-electron chi connectivity index (χ4n) is 2.71. The third-order valence-electron chi connectivity index (χ3n) is 4.72. The van der Waals surface area contributed by atoms with Gasteiger partial charge in [0.05, 0.1) is 35.8 Å². The van der Waals surface area contributed by atoms with E-state index >= 15 is 0 Å². The maximum Gasteiger partial charge on any atom is 0.514 e. The van der Waals surface area contributed by atoms with E-state index < -0.39 is 0 Å². The summed E-state index contributed by atoms with van der Waals surface area (Å²) in [5.41, 5.74) is 0.338. The Bertz CT molecular complexity index is 465. The van der Waals surface area contributed by atoms with Gasteiger partial charge in [0.15, 0.2) is 0 Å². The highest BCUT2D eigenvalue weighted by Gasteiger charge is 2.53. The van der Waals surface area contributed by atoms with E-state index in [1.807, 2.05) is 12.5 Å². The Hall–Kier alpha value is -0.845. The smallest absolute Gasteiger partial charge is 0.398 e. The van der Waals surface area contributed by atoms with E-state index in [-0.39, 0.29) is 18.3 Å². The van der Waals surface area contributed by atoms with E-state index in [2.05, 4.69) is 37.2 Å². The molecular weight excluding hydrogens is 255 g/mol. The third kappa shape index (κ3) is 2.30. The van der Waals surface area contributed by atoms with Crippen LogP contribution in [0.3, 0.4) is 0 Å². The lowest BCUT2D eigenvalue weighted by Gasteiger charge is -2.32. The molecule has 0 amide bonds. The number of aromatic nitrogens is 2. The van der Waals surface area contributed by atoms with Crippen molar-refractivity contribution in [1.29, 1.82) is 0 Å². The van der Waals surface area contributed by atoms with Crippen LogP contribution < -0.4 is 5.59 Å². The molecule has 5 nitrogen and oxygen atoms in total. The summed E-state index contributed by atoms with van der Waals surface area (Å²) in [4.78, 5) is 4.28. The average Bonchev–Trinajstić information content (AvgIpc) is 2.94. The summed E-state index contributed by atoms with van der Waals surface area (Å²) in [7, 11) is -0.357. The second kappa shape index (κ2) is 4.86. The molecule has 3 heterocycles. The minimum absolute atomic E-state index is 0.324. The first-order valence-electron chi connectivity index (χ1n) is 7.36. The number of hydrogen-bond donors (Lipinski definition) is 0. The fourth-order valence-corrected chi connectivity index (χ4v) is 2.71. The van der Waals surface area contributed by atoms with Crippen molar-refractivity contribution in [1.82, 2.24) is 9.55 Å². The summed E-state index contributed by atoms with van der Waals surface area (Å²) in [5, 5.41) is 0. The summed E-state index contributed by atoms with van der Waals surface area (Å²) in [6.45, 7) is 9.86. The second-order valence-electron chi connectivity index (χ2n) is 6.68. The van der Waals surface area contributed by atoms with Crippen LogP contribution in [0.5, 0.6) is 0 Å². The van der Waals surface area contributed by atoms with Crippen molar-refractivity contribution in [2.75, 3.05) is 13.2 Å². The maximum absolute atomic E-state index is 6.12. The van der Waals surface area contributed by atoms with Gasteiger partial charge in [-0.3, -0.25) is 0 Å². The van der Waals surface area contributed by atoms with Crippen molar-refractivity contribution < 1.29 is 14.0 Å². The molecule has 0 N–H and O–H groups in total. The van der Waals surface area contributed by atoms with Gasteiger partial charge in [-0.2, -0.15) is 0 Å². The van der Waals surface area contributed by atoms with Gasteiger partial charge in [0.1, 0.15) is 0 Å². The third-order valence-corrected chi connectivity index (χ3v) is 4.72. The molecule has 2 aliphatic rings. The highest BCUT2D eigenvalue weighted by atomic mass is 16.7. The van der Waals surface area contributed by atoms with Crippen LogP contribution in [-0.4, -0.2) is 41.1 Å². The standard InChI is InChI=1S/C14H23BN2O3/c1-13(2)14(3,4)20-15(19-13)12-8-16-10-17(12)11-6-5-7-18-9-11/h8,10-11H,5-7,9H2,1-4H3. The first-order valence-corrected chi connectivity index (χ1v) is 7.36. The predicted octanol–water partition coefficient (Wildman–Crippen LogP) is 1.53. The molecule has 2 fully saturated rings. The van der Waals surface area contributed by atoms with E-state index in [0.717, 1.165) is 31.6 Å². The van der Waals surface area contributed by atoms with E-state index in [9.17, 15) is 0 Å². The van der Waals surface area contributed by atoms with Gasteiger partial charge >= 0.3 is 7.12 Å². The van der Waals surface area contributed by atoms with Gasteiger partial charge < -0.3 is 18.6 Å². The molecule has 1 aromatic rings. The minimum Gasteiger partial charge on any atom is -0.398 e. The van der Waals surface area contributed by atoms with E-state index in [4.69, 9.17) is 14.0 Å². The SMILES string of the molecule is CC1(C)OB(c2cncn2C2CCCOC2)OC1(C)C. The predicted molar refractivity (Wildman–Crippen MR) is 77.0 cm³/mol. The molecular formula is C14H23BN2O3. The highest BCUT2D eigenvalue weighted by molar-refractivity contribution is 6.61. The van der Waals surface area contributed by atoms with E-state index in [0.29, 0.717) is 6.04 Å². The molecule has 0 aliphatic carbocycles. The lowest BCUT2D eigenvalue weighted by Crippen LogP contribution is -2.41. The van der Waals surface area contributed by atoms with Gasteiger partial charge in [0.2, 0.25) is 0 Å². The van der Waals surface area contributed by atoms with Crippen molar-refractivity contribution in [2.24, 2.45) is 0 Å². The summed E-state index contributed by atoms with van der Waals surface area (Å²) >= 11 is 0. The zero-order chi connectivity index (χ0) is 14.4. The molecule has 0 radical (unpaired) electrons. The summed E-state index contributed by atoms with van der Waals surface area (Å²) in [6.07, 6.45) is 5.91. The number of rotatable bonds is 2. The Morgan fingerprint density at radius 1 is 1.25 bits per heavy atom. The normalized spacial score (nSPS) is 28.8. The Labute approximate surface area is 120 Å². The summed E-state index contributed by atoms with van der Waals surface area (Å²) in [5.74, 6) is 0. The molecule has 0 spiro atoms. The largest absolute Gasteiger partial charge is 0.514 e. The number of ether oxygens (including phenoxy) is 1. The lowest BCUT2D eigenvalue weighted by molar-refractivity contribution is 0.00578. The average molecular weight is 278 g/mol. The Morgan fingerprint density at radius 3 is 2.55 bits per heavy atom. The van der Waals surface area contributed by atoms with Gasteiger partial charge in [-0.15, -0.1) is 0 Å². The monoisotopic (exact) mass is 278 g/mol. The molecule has 0 saturated carbocycles. The molecule has 6 heteroatoms. The first kappa shape index (κ1) is 14.1. The minimum atomic E-state index is -0.357. The number of hydrogen-bond acceptors (Lipinski definition) is 4. The maximum atomic E-state index is 6.12. The number of nitrogens with zero attached hydrogens (tertiary/aromatic N) is 2. The molecule has 1 aromatic heterocycles. The molecule has 1 atom stereocenters. The van der Waals surface area contributed by atoms with Gasteiger partial charge in [0.25, 0.3) is 0 Å². The quantitative estimate of drug-likeness (QED) is 0.770. The van der Waals surface area contributed by atoms with Crippen LogP contribution >= 0.6 is 0 Å². The van der Waals surface area contributed by atoms with Crippen molar-refractivity contribution in [3.05, 3.63) is 12.5 Å². The zero-order valence-electron chi connectivity index (χ0n) is 12.8. The molecule has 3 rings (SSSR count). The van der Waals surface area contributed by atoms with Crippen LogP contribution in [0.4, 0.5) is 0 Å². The molecule has 2 aliphatic heterocycles. The van der Waals surface area contributed by atoms with Crippen LogP contribution in [0, 0.1) is 0 Å². The highest BCUT2D eigenvalue weighted by Crippen LogP contribution is 2.36. The summed E-state index contributed by atoms with van der Waals surface area (Å²) in [6, 6.07) is 0.334. The van der Waals surface area contributed by atoms with Crippen LogP contribution in [0.25, 0.3) is 0 Å². The van der Waals surface area contributed by atoms with Gasteiger partial charge in [-0.05, 0) is 40.5 Å². The summed E-state index contributed by atoms with van der Waals surface area (Å²) < 4.78 is 20.0. The Kier molecular flexibility index (Phi) is 3.43. The molecule has 0 aromatic carbocycles. The molecule has 1 unspecified atom stereocenters. The first-order chi connectivity index (χ1) is 9.41. The Morgan fingerprint density at radius 2 is 1.95 bits per heavy atom. The second-order valence-corrected chi connectivity index (χ2v) is 6.68. The van der Waals surface area contributed by atoms with Crippen molar-refractivity contribution in [3.8, 4) is 0 Å². The van der Waals surface area contributed by atoms with Crippen molar-refractivity contribution in [3.63, 3.8) is 0 Å². The van der Waals surface area contributed by atoms with Crippen molar-refractivity contribution in [2.45, 2.75) is 57.8 Å². The van der Waals surface area contributed by atoms with Crippen LogP contribution in [0.1, 0.15) is 46.6 Å². The molecule has 0 bridgehead atoms. The fraction of sp³-hybridized carbons (Fsp3) is 0.786. The van der Waals surface area contributed by atoms with E-state index in [1.165, 1.54) is 0 Å². The topological polar surface area (TPSA) is 45.5 Å². The van der Waals surface area contributed by atoms with E-state index in [1.54, 1.807) is 0 Å². The lowest BCUT2D eigenvalue weighted by atomic mass is 9.84. The van der Waals surface area contributed by atoms with Gasteiger partial charge in [0, 0.05) is 12.8 Å². The van der Waals surface area contributed by atoms with Crippen LogP contribution in [0.2, 0.25) is 0 Å². The Balaban J connectivity index is 1.84. The van der Waals surface area contributed by atoms with Gasteiger partial charge in [-0.1, -0.05) is 0 Å². The van der Waals surface area contributed by atoms with Gasteiger partial charge in [-0.25, -0.2) is 4.98 Å². The van der Waals surface area contributed by atoms with Crippen LogP contribution in [-0.2, 0) is 14.0 Å². The zero-order valence-corrected chi connectivity index (χ0v) is 12.8. The molecule has 110 valence electrons. The van der Waals surface area contributed by atoms with Crippen molar-refractivity contribution >= 4 is 12.7 Å².